The van der Waals surface area contributed by atoms with E-state index in [9.17, 15) is 9.59 Å². The maximum atomic E-state index is 12.5. The summed E-state index contributed by atoms with van der Waals surface area (Å²) in [4.78, 5) is 31.7. The minimum atomic E-state index is -0.199. The van der Waals surface area contributed by atoms with E-state index in [1.165, 1.54) is 6.92 Å². The number of imidazole rings is 1. The highest BCUT2D eigenvalue weighted by molar-refractivity contribution is 6.02. The predicted molar refractivity (Wildman–Crippen MR) is 97.1 cm³/mol. The summed E-state index contributed by atoms with van der Waals surface area (Å²) in [6.45, 7) is 8.19. The first-order valence-electron chi connectivity index (χ1n) is 8.30. The third-order valence-corrected chi connectivity index (χ3v) is 4.48. The lowest BCUT2D eigenvalue weighted by Gasteiger charge is -2.08. The molecule has 0 spiro atoms. The van der Waals surface area contributed by atoms with Gasteiger partial charge >= 0.3 is 0 Å². The normalized spacial score (nSPS) is 11.0. The Morgan fingerprint density at radius 1 is 1.20 bits per heavy atom. The van der Waals surface area contributed by atoms with Crippen molar-refractivity contribution in [3.63, 3.8) is 0 Å². The number of Topliss-reactive ketones (excluding diaryl/α,β-unsaturated/α-hetero) is 1. The number of carbonyl (C=O) groups is 2. The fourth-order valence-electron chi connectivity index (χ4n) is 3.35. The van der Waals surface area contributed by atoms with Crippen molar-refractivity contribution < 1.29 is 9.59 Å². The third-order valence-electron chi connectivity index (χ3n) is 4.48. The molecule has 0 atom stereocenters. The number of hydrogen-bond donors (Lipinski definition) is 2. The van der Waals surface area contributed by atoms with Crippen molar-refractivity contribution in [3.8, 4) is 0 Å². The van der Waals surface area contributed by atoms with Gasteiger partial charge in [-0.25, -0.2) is 4.98 Å². The molecule has 130 valence electrons. The number of para-hydroxylation sites is 2. The molecule has 0 fully saturated rings. The molecule has 1 aromatic carbocycles. The van der Waals surface area contributed by atoms with Crippen LogP contribution in [-0.4, -0.2) is 32.8 Å². The Hall–Kier alpha value is -2.89. The van der Waals surface area contributed by atoms with Crippen molar-refractivity contribution in [2.75, 3.05) is 6.54 Å². The first-order chi connectivity index (χ1) is 11.9. The van der Waals surface area contributed by atoms with Gasteiger partial charge in [0.2, 0.25) is 0 Å². The summed E-state index contributed by atoms with van der Waals surface area (Å²) in [7, 11) is 0. The summed E-state index contributed by atoms with van der Waals surface area (Å²) in [5, 5.41) is 2.92. The Kier molecular flexibility index (Phi) is 4.44. The highest BCUT2D eigenvalue weighted by atomic mass is 16.2. The molecular weight excluding hydrogens is 316 g/mol. The number of hydrogen-bond acceptors (Lipinski definition) is 3. The molecule has 2 aromatic heterocycles. The van der Waals surface area contributed by atoms with Crippen LogP contribution in [0.1, 0.15) is 44.9 Å². The largest absolute Gasteiger partial charge is 0.354 e. The van der Waals surface area contributed by atoms with Gasteiger partial charge in [0.25, 0.3) is 5.91 Å². The number of aromatic amines is 1. The van der Waals surface area contributed by atoms with Gasteiger partial charge in [-0.3, -0.25) is 9.59 Å². The highest BCUT2D eigenvalue weighted by Gasteiger charge is 2.19. The standard InChI is InChI=1S/C19H22N4O2/c1-11-17(13(3)24)12(2)21-18(11)19(25)20-9-10-23-14(4)22-15-7-5-6-8-16(15)23/h5-8,21H,9-10H2,1-4H3,(H,20,25). The third kappa shape index (κ3) is 3.07. The number of carbonyl (C=O) groups excluding carboxylic acids is 2. The zero-order chi connectivity index (χ0) is 18.1. The van der Waals surface area contributed by atoms with E-state index >= 15 is 0 Å². The van der Waals surface area contributed by atoms with Crippen LogP contribution in [0, 0.1) is 20.8 Å². The van der Waals surface area contributed by atoms with Crippen molar-refractivity contribution in [1.82, 2.24) is 19.9 Å². The van der Waals surface area contributed by atoms with Gasteiger partial charge in [-0.2, -0.15) is 0 Å². The Morgan fingerprint density at radius 3 is 2.60 bits per heavy atom. The molecule has 0 aliphatic carbocycles. The minimum absolute atomic E-state index is 0.0363. The highest BCUT2D eigenvalue weighted by Crippen LogP contribution is 2.18. The van der Waals surface area contributed by atoms with Gasteiger partial charge in [0, 0.05) is 24.3 Å². The monoisotopic (exact) mass is 338 g/mol. The molecule has 0 unspecified atom stereocenters. The zero-order valence-electron chi connectivity index (χ0n) is 14.9. The molecular formula is C19H22N4O2. The first kappa shape index (κ1) is 17.0. The lowest BCUT2D eigenvalue weighted by molar-refractivity contribution is 0.0947. The van der Waals surface area contributed by atoms with Crippen LogP contribution in [0.15, 0.2) is 24.3 Å². The van der Waals surface area contributed by atoms with E-state index in [-0.39, 0.29) is 11.7 Å². The molecule has 2 N–H and O–H groups in total. The molecule has 6 heteroatoms. The Morgan fingerprint density at radius 2 is 1.92 bits per heavy atom. The predicted octanol–water partition coefficient (Wildman–Crippen LogP) is 2.92. The summed E-state index contributed by atoms with van der Waals surface area (Å²) in [5.74, 6) is 0.683. The molecule has 1 amide bonds. The lowest BCUT2D eigenvalue weighted by atomic mass is 10.1. The second-order valence-corrected chi connectivity index (χ2v) is 6.24. The van der Waals surface area contributed by atoms with Crippen molar-refractivity contribution in [2.45, 2.75) is 34.2 Å². The molecule has 0 radical (unpaired) electrons. The quantitative estimate of drug-likeness (QED) is 0.702. The molecule has 0 bridgehead atoms. The maximum Gasteiger partial charge on any atom is 0.268 e. The molecule has 6 nitrogen and oxygen atoms in total. The minimum Gasteiger partial charge on any atom is -0.354 e. The topological polar surface area (TPSA) is 79.8 Å². The molecule has 0 saturated heterocycles. The Balaban J connectivity index is 1.72. The number of rotatable bonds is 5. The number of nitrogens with one attached hydrogen (secondary N) is 2. The van der Waals surface area contributed by atoms with E-state index in [0.29, 0.717) is 29.9 Å². The average molecular weight is 338 g/mol. The van der Waals surface area contributed by atoms with Crippen molar-refractivity contribution in [2.24, 2.45) is 0 Å². The van der Waals surface area contributed by atoms with E-state index in [1.54, 1.807) is 6.92 Å². The summed E-state index contributed by atoms with van der Waals surface area (Å²) < 4.78 is 2.09. The number of nitrogens with zero attached hydrogens (tertiary/aromatic N) is 2. The van der Waals surface area contributed by atoms with Crippen LogP contribution in [0.25, 0.3) is 11.0 Å². The Labute approximate surface area is 146 Å². The van der Waals surface area contributed by atoms with Gasteiger partial charge in [0.15, 0.2) is 5.78 Å². The number of fused-ring (bicyclic) bond motifs is 1. The number of aromatic nitrogens is 3. The maximum absolute atomic E-state index is 12.5. The average Bonchev–Trinajstić information content (AvgIpc) is 3.03. The van der Waals surface area contributed by atoms with Crippen LogP contribution in [-0.2, 0) is 6.54 Å². The number of H-pyrrole nitrogens is 1. The molecule has 3 rings (SSSR count). The van der Waals surface area contributed by atoms with Crippen LogP contribution in [0.4, 0.5) is 0 Å². The van der Waals surface area contributed by atoms with Crippen LogP contribution in [0.3, 0.4) is 0 Å². The first-order valence-corrected chi connectivity index (χ1v) is 8.30. The van der Waals surface area contributed by atoms with E-state index in [2.05, 4.69) is 19.9 Å². The summed E-state index contributed by atoms with van der Waals surface area (Å²) >= 11 is 0. The SMILES string of the molecule is CC(=O)c1c(C)[nH]c(C(=O)NCCn2c(C)nc3ccccc32)c1C. The molecule has 25 heavy (non-hydrogen) atoms. The van der Waals surface area contributed by atoms with Crippen LogP contribution in [0.2, 0.25) is 0 Å². The number of ketones is 1. The van der Waals surface area contributed by atoms with Gasteiger partial charge in [-0.15, -0.1) is 0 Å². The molecule has 0 saturated carbocycles. The molecule has 0 aliphatic heterocycles. The van der Waals surface area contributed by atoms with Gasteiger partial charge < -0.3 is 14.9 Å². The van der Waals surface area contributed by atoms with Crippen LogP contribution < -0.4 is 5.32 Å². The van der Waals surface area contributed by atoms with E-state index in [1.807, 2.05) is 38.1 Å². The van der Waals surface area contributed by atoms with Crippen molar-refractivity contribution in [3.05, 3.63) is 52.6 Å². The van der Waals surface area contributed by atoms with E-state index < -0.39 is 0 Å². The fourth-order valence-corrected chi connectivity index (χ4v) is 3.35. The summed E-state index contributed by atoms with van der Waals surface area (Å²) in [5.41, 5.74) is 4.49. The van der Waals surface area contributed by atoms with Gasteiger partial charge in [0.1, 0.15) is 11.5 Å². The summed E-state index contributed by atoms with van der Waals surface area (Å²) in [6.07, 6.45) is 0. The Bertz CT molecular complexity index is 965. The zero-order valence-corrected chi connectivity index (χ0v) is 14.9. The van der Waals surface area contributed by atoms with Gasteiger partial charge in [-0.05, 0) is 45.4 Å². The number of amides is 1. The summed E-state index contributed by atoms with van der Waals surface area (Å²) in [6, 6.07) is 7.94. The smallest absolute Gasteiger partial charge is 0.268 e. The van der Waals surface area contributed by atoms with Gasteiger partial charge in [-0.1, -0.05) is 12.1 Å². The van der Waals surface area contributed by atoms with Crippen LogP contribution in [0.5, 0.6) is 0 Å². The molecule has 3 aromatic rings. The fraction of sp³-hybridized carbons (Fsp3) is 0.316. The number of benzene rings is 1. The molecule has 2 heterocycles. The van der Waals surface area contributed by atoms with Crippen molar-refractivity contribution in [1.29, 1.82) is 0 Å². The number of aryl methyl sites for hydroxylation is 2. The molecule has 0 aliphatic rings. The lowest BCUT2D eigenvalue weighted by Crippen LogP contribution is -2.28. The van der Waals surface area contributed by atoms with Gasteiger partial charge in [0.05, 0.1) is 11.0 Å². The van der Waals surface area contributed by atoms with Crippen LogP contribution >= 0.6 is 0 Å². The van der Waals surface area contributed by atoms with E-state index in [4.69, 9.17) is 0 Å². The van der Waals surface area contributed by atoms with Crippen molar-refractivity contribution >= 4 is 22.7 Å². The second kappa shape index (κ2) is 6.55. The van der Waals surface area contributed by atoms with E-state index in [0.717, 1.165) is 22.6 Å². The second-order valence-electron chi connectivity index (χ2n) is 6.24.